The van der Waals surface area contributed by atoms with Crippen LogP contribution in [0.2, 0.25) is 0 Å². The summed E-state index contributed by atoms with van der Waals surface area (Å²) in [5, 5.41) is 0. The third kappa shape index (κ3) is 2.26. The van der Waals surface area contributed by atoms with Crippen molar-refractivity contribution in [2.75, 3.05) is 6.79 Å². The van der Waals surface area contributed by atoms with Crippen molar-refractivity contribution in [3.05, 3.63) is 0 Å². The topological polar surface area (TPSA) is 18.5 Å². The number of alkyl halides is 9. The Bertz CT molecular complexity index is 338. The fraction of sp³-hybridized carbons (Fsp3) is 1.00. The Morgan fingerprint density at radius 1 is 0.789 bits per heavy atom. The molecular weight excluding hydrogens is 299 g/mol. The second-order valence-electron chi connectivity index (χ2n) is 3.85. The average Bonchev–Trinajstić information content (AvgIpc) is 2.62. The van der Waals surface area contributed by atoms with Crippen molar-refractivity contribution in [3.63, 3.8) is 0 Å². The van der Waals surface area contributed by atoms with Crippen molar-refractivity contribution in [1.82, 2.24) is 0 Å². The van der Waals surface area contributed by atoms with Gasteiger partial charge in [-0.05, 0) is 6.92 Å². The summed E-state index contributed by atoms with van der Waals surface area (Å²) < 4.78 is 121. The predicted molar refractivity (Wildman–Crippen MR) is 41.2 cm³/mol. The van der Waals surface area contributed by atoms with Gasteiger partial charge in [-0.2, -0.15) is 39.5 Å². The van der Waals surface area contributed by atoms with E-state index in [1.54, 1.807) is 0 Å². The molecule has 0 aromatic rings. The molecule has 114 valence electrons. The molecule has 0 amide bonds. The molecule has 1 saturated heterocycles. The largest absolute Gasteiger partial charge is 0.460 e. The summed E-state index contributed by atoms with van der Waals surface area (Å²) >= 11 is 0. The van der Waals surface area contributed by atoms with Gasteiger partial charge in [0.05, 0.1) is 6.10 Å². The lowest BCUT2D eigenvalue weighted by molar-refractivity contribution is -0.406. The molecule has 1 aliphatic rings. The normalized spacial score (nSPS) is 26.8. The lowest BCUT2D eigenvalue weighted by Gasteiger charge is -2.36. The maximum absolute atomic E-state index is 13.2. The smallest absolute Gasteiger partial charge is 0.350 e. The van der Waals surface area contributed by atoms with Gasteiger partial charge in [0.1, 0.15) is 6.79 Å². The van der Waals surface area contributed by atoms with E-state index >= 15 is 0 Å². The predicted octanol–water partition coefficient (Wildman–Crippen LogP) is 3.22. The zero-order valence-corrected chi connectivity index (χ0v) is 9.08. The third-order valence-corrected chi connectivity index (χ3v) is 2.53. The van der Waals surface area contributed by atoms with Crippen LogP contribution in [0.3, 0.4) is 0 Å². The molecule has 0 radical (unpaired) electrons. The number of rotatable bonds is 3. The first-order chi connectivity index (χ1) is 8.27. The molecule has 0 saturated carbocycles. The highest BCUT2D eigenvalue weighted by Crippen LogP contribution is 2.55. The highest BCUT2D eigenvalue weighted by molar-refractivity contribution is 5.05. The zero-order valence-electron chi connectivity index (χ0n) is 9.08. The summed E-state index contributed by atoms with van der Waals surface area (Å²) in [7, 11) is 0. The molecule has 1 rings (SSSR count). The van der Waals surface area contributed by atoms with Gasteiger partial charge >= 0.3 is 23.9 Å². The second-order valence-corrected chi connectivity index (χ2v) is 3.85. The van der Waals surface area contributed by atoms with E-state index < -0.39 is 42.9 Å². The van der Waals surface area contributed by atoms with Crippen LogP contribution < -0.4 is 0 Å². The quantitative estimate of drug-likeness (QED) is 0.745. The van der Waals surface area contributed by atoms with Crippen LogP contribution >= 0.6 is 0 Å². The fourth-order valence-electron chi connectivity index (χ4n) is 1.41. The second kappa shape index (κ2) is 4.40. The first-order valence-corrected chi connectivity index (χ1v) is 4.70. The number of hydrogen-bond acceptors (Lipinski definition) is 2. The Labute approximate surface area is 100 Å². The monoisotopic (exact) mass is 306 g/mol. The molecule has 11 heteroatoms. The van der Waals surface area contributed by atoms with Crippen molar-refractivity contribution in [2.24, 2.45) is 0 Å². The first-order valence-electron chi connectivity index (χ1n) is 4.70. The maximum atomic E-state index is 13.2. The van der Waals surface area contributed by atoms with Crippen LogP contribution in [0.25, 0.3) is 0 Å². The van der Waals surface area contributed by atoms with E-state index in [9.17, 15) is 39.5 Å². The van der Waals surface area contributed by atoms with Gasteiger partial charge in [-0.1, -0.05) is 0 Å². The molecule has 0 aliphatic carbocycles. The minimum atomic E-state index is -6.91. The number of halogens is 9. The Balaban J connectivity index is 3.17. The van der Waals surface area contributed by atoms with Gasteiger partial charge in [0, 0.05) is 0 Å². The Hall–Kier alpha value is -0.710. The van der Waals surface area contributed by atoms with Crippen molar-refractivity contribution in [2.45, 2.75) is 43.1 Å². The van der Waals surface area contributed by atoms with E-state index in [2.05, 4.69) is 9.47 Å². The van der Waals surface area contributed by atoms with Crippen LogP contribution in [0.4, 0.5) is 39.5 Å². The molecular formula is C8H7F9O2. The molecule has 0 aromatic heterocycles. The molecule has 2 nitrogen and oxygen atoms in total. The first kappa shape index (κ1) is 16.3. The molecule has 1 heterocycles. The van der Waals surface area contributed by atoms with Crippen LogP contribution in [0.5, 0.6) is 0 Å². The summed E-state index contributed by atoms with van der Waals surface area (Å²) in [5.41, 5.74) is 0. The minimum absolute atomic E-state index is 0.785. The standard InChI is InChI=1S/C8H7F9O2/c1-3-4(19-2-18-3)5(9,10)6(11,12)7(13,14)8(15,16)17/h3-4H,2H2,1H3. The van der Waals surface area contributed by atoms with E-state index in [0.717, 1.165) is 6.92 Å². The Morgan fingerprint density at radius 2 is 1.26 bits per heavy atom. The average molecular weight is 306 g/mol. The van der Waals surface area contributed by atoms with Crippen molar-refractivity contribution < 1.29 is 49.0 Å². The maximum Gasteiger partial charge on any atom is 0.460 e. The van der Waals surface area contributed by atoms with E-state index in [4.69, 9.17) is 0 Å². The molecule has 1 aliphatic heterocycles. The lowest BCUT2D eigenvalue weighted by Crippen LogP contribution is -2.65. The van der Waals surface area contributed by atoms with Crippen molar-refractivity contribution >= 4 is 0 Å². The van der Waals surface area contributed by atoms with Gasteiger partial charge in [0.25, 0.3) is 0 Å². The minimum Gasteiger partial charge on any atom is -0.350 e. The van der Waals surface area contributed by atoms with Crippen LogP contribution in [0.15, 0.2) is 0 Å². The number of ether oxygens (including phenoxy) is 2. The Morgan fingerprint density at radius 3 is 1.58 bits per heavy atom. The molecule has 2 unspecified atom stereocenters. The molecule has 0 bridgehead atoms. The van der Waals surface area contributed by atoms with Crippen LogP contribution in [-0.2, 0) is 9.47 Å². The van der Waals surface area contributed by atoms with E-state index in [1.165, 1.54) is 0 Å². The SMILES string of the molecule is CC1OCOC1C(F)(F)C(F)(F)C(F)(F)C(F)(F)F. The summed E-state index contributed by atoms with van der Waals surface area (Å²) in [5.74, 6) is -19.3. The van der Waals surface area contributed by atoms with Gasteiger partial charge in [-0.3, -0.25) is 0 Å². The molecule has 0 N–H and O–H groups in total. The van der Waals surface area contributed by atoms with Gasteiger partial charge in [0.2, 0.25) is 0 Å². The summed E-state index contributed by atoms with van der Waals surface area (Å²) in [6.07, 6.45) is -11.5. The summed E-state index contributed by atoms with van der Waals surface area (Å²) in [6, 6.07) is 0. The molecule has 19 heavy (non-hydrogen) atoms. The van der Waals surface area contributed by atoms with Gasteiger partial charge in [-0.15, -0.1) is 0 Å². The van der Waals surface area contributed by atoms with E-state index in [0.29, 0.717) is 0 Å². The zero-order chi connectivity index (χ0) is 15.3. The van der Waals surface area contributed by atoms with Gasteiger partial charge in [-0.25, -0.2) is 0 Å². The Kier molecular flexibility index (Phi) is 3.79. The summed E-state index contributed by atoms with van der Waals surface area (Å²) in [4.78, 5) is 0. The van der Waals surface area contributed by atoms with Crippen molar-refractivity contribution in [1.29, 1.82) is 0 Å². The summed E-state index contributed by atoms with van der Waals surface area (Å²) in [6.45, 7) is -0.123. The fourth-order valence-corrected chi connectivity index (χ4v) is 1.41. The number of hydrogen-bond donors (Lipinski definition) is 0. The highest BCUT2D eigenvalue weighted by atomic mass is 19.4. The highest BCUT2D eigenvalue weighted by Gasteiger charge is 2.83. The van der Waals surface area contributed by atoms with Gasteiger partial charge < -0.3 is 9.47 Å². The van der Waals surface area contributed by atoms with E-state index in [1.807, 2.05) is 0 Å². The van der Waals surface area contributed by atoms with E-state index in [-0.39, 0.29) is 0 Å². The van der Waals surface area contributed by atoms with Gasteiger partial charge in [0.15, 0.2) is 6.10 Å². The molecule has 2 atom stereocenters. The molecule has 1 fully saturated rings. The third-order valence-electron chi connectivity index (χ3n) is 2.53. The van der Waals surface area contributed by atoms with Crippen LogP contribution in [0.1, 0.15) is 6.92 Å². The lowest BCUT2D eigenvalue weighted by atomic mass is 9.96. The molecule has 0 aromatic carbocycles. The van der Waals surface area contributed by atoms with Crippen LogP contribution in [-0.4, -0.2) is 42.9 Å². The van der Waals surface area contributed by atoms with Crippen molar-refractivity contribution in [3.8, 4) is 0 Å². The van der Waals surface area contributed by atoms with Crippen LogP contribution in [0, 0.1) is 0 Å². The molecule has 0 spiro atoms.